The monoisotopic (exact) mass is 330 g/mol. The van der Waals surface area contributed by atoms with Crippen LogP contribution in [0.5, 0.6) is 5.75 Å². The second kappa shape index (κ2) is 6.35. The van der Waals surface area contributed by atoms with Crippen molar-refractivity contribution < 1.29 is 14.6 Å². The maximum absolute atomic E-state index is 11.1. The van der Waals surface area contributed by atoms with Gasteiger partial charge in [-0.25, -0.2) is 4.79 Å². The lowest BCUT2D eigenvalue weighted by Gasteiger charge is -2.11. The Morgan fingerprint density at radius 1 is 1.05 bits per heavy atom. The fraction of sp³-hybridized carbons (Fsp3) is 0.0714. The molecule has 0 fully saturated rings. The summed E-state index contributed by atoms with van der Waals surface area (Å²) < 4.78 is 5.49. The highest BCUT2D eigenvalue weighted by molar-refractivity contribution is 6.33. The maximum Gasteiger partial charge on any atom is 0.339 e. The molecule has 6 heteroatoms. The molecule has 0 bridgehead atoms. The second-order valence-corrected chi connectivity index (χ2v) is 5.25. The number of benzene rings is 2. The fourth-order valence-electron chi connectivity index (χ4n) is 1.60. The predicted molar refractivity (Wildman–Crippen MR) is 79.2 cm³/mol. The zero-order valence-corrected chi connectivity index (χ0v) is 12.3. The van der Waals surface area contributed by atoms with Crippen LogP contribution in [0.1, 0.15) is 15.9 Å². The topological polar surface area (TPSA) is 46.5 Å². The molecule has 0 aromatic heterocycles. The van der Waals surface area contributed by atoms with E-state index in [-0.39, 0.29) is 17.9 Å². The van der Waals surface area contributed by atoms with Gasteiger partial charge >= 0.3 is 5.97 Å². The minimum absolute atomic E-state index is 0.0348. The summed E-state index contributed by atoms with van der Waals surface area (Å²) >= 11 is 17.7. The third kappa shape index (κ3) is 3.57. The fourth-order valence-corrected chi connectivity index (χ4v) is 2.13. The molecule has 2 aromatic carbocycles. The van der Waals surface area contributed by atoms with Crippen LogP contribution < -0.4 is 4.74 Å². The van der Waals surface area contributed by atoms with Gasteiger partial charge in [0.1, 0.15) is 17.9 Å². The summed E-state index contributed by atoms with van der Waals surface area (Å²) in [6, 6.07) is 9.30. The van der Waals surface area contributed by atoms with E-state index < -0.39 is 5.97 Å². The van der Waals surface area contributed by atoms with Gasteiger partial charge in [0.25, 0.3) is 0 Å². The molecule has 104 valence electrons. The molecule has 0 saturated carbocycles. The van der Waals surface area contributed by atoms with Gasteiger partial charge in [0, 0.05) is 20.6 Å². The van der Waals surface area contributed by atoms with Crippen molar-refractivity contribution in [1.82, 2.24) is 0 Å². The highest BCUT2D eigenvalue weighted by Gasteiger charge is 2.12. The molecule has 0 aliphatic carbocycles. The minimum atomic E-state index is -1.09. The lowest BCUT2D eigenvalue weighted by molar-refractivity contribution is 0.0692. The molecule has 0 spiro atoms. The second-order valence-electron chi connectivity index (χ2n) is 3.97. The zero-order valence-electron chi connectivity index (χ0n) is 10.1. The Morgan fingerprint density at radius 3 is 2.40 bits per heavy atom. The van der Waals surface area contributed by atoms with Crippen LogP contribution in [0, 0.1) is 0 Å². The van der Waals surface area contributed by atoms with E-state index >= 15 is 0 Å². The van der Waals surface area contributed by atoms with E-state index in [1.54, 1.807) is 18.2 Å². The van der Waals surface area contributed by atoms with E-state index in [2.05, 4.69) is 0 Å². The van der Waals surface area contributed by atoms with Crippen LogP contribution >= 0.6 is 34.8 Å². The molecule has 0 amide bonds. The van der Waals surface area contributed by atoms with E-state index in [0.717, 1.165) is 0 Å². The Morgan fingerprint density at radius 2 is 1.70 bits per heavy atom. The number of halogens is 3. The number of hydrogen-bond acceptors (Lipinski definition) is 2. The largest absolute Gasteiger partial charge is 0.488 e. The molecule has 1 N–H and O–H groups in total. The van der Waals surface area contributed by atoms with E-state index in [4.69, 9.17) is 44.6 Å². The van der Waals surface area contributed by atoms with Crippen LogP contribution in [-0.4, -0.2) is 11.1 Å². The first-order valence-electron chi connectivity index (χ1n) is 5.57. The van der Waals surface area contributed by atoms with Gasteiger partial charge in [-0.15, -0.1) is 0 Å². The number of aromatic carboxylic acids is 1. The summed E-state index contributed by atoms with van der Waals surface area (Å²) in [4.78, 5) is 11.1. The van der Waals surface area contributed by atoms with E-state index in [9.17, 15) is 4.79 Å². The first kappa shape index (κ1) is 15.0. The maximum atomic E-state index is 11.1. The Hall–Kier alpha value is -1.42. The standard InChI is InChI=1S/C14H9Cl3O3/c15-9-2-4-12(17)8(5-9)7-20-13-6-10(16)1-3-11(13)14(18)19/h1-6H,7H2,(H,18,19). The first-order chi connectivity index (χ1) is 9.47. The number of rotatable bonds is 4. The number of carboxylic acids is 1. The van der Waals surface area contributed by atoms with Crippen molar-refractivity contribution >= 4 is 40.8 Å². The SMILES string of the molecule is O=C(O)c1ccc(Cl)cc1OCc1cc(Cl)ccc1Cl. The number of ether oxygens (including phenoxy) is 1. The van der Waals surface area contributed by atoms with Crippen molar-refractivity contribution in [2.75, 3.05) is 0 Å². The summed E-state index contributed by atoms with van der Waals surface area (Å²) in [7, 11) is 0. The number of carbonyl (C=O) groups is 1. The Labute approximate surface area is 130 Å². The smallest absolute Gasteiger partial charge is 0.339 e. The summed E-state index contributed by atoms with van der Waals surface area (Å²) in [5.74, 6) is -0.908. The van der Waals surface area contributed by atoms with Crippen molar-refractivity contribution in [2.24, 2.45) is 0 Å². The molecular formula is C14H9Cl3O3. The Bertz CT molecular complexity index is 656. The molecule has 0 radical (unpaired) electrons. The van der Waals surface area contributed by atoms with Gasteiger partial charge in [-0.2, -0.15) is 0 Å². The highest BCUT2D eigenvalue weighted by atomic mass is 35.5. The van der Waals surface area contributed by atoms with Crippen molar-refractivity contribution in [1.29, 1.82) is 0 Å². The average molecular weight is 332 g/mol. The molecule has 2 aromatic rings. The van der Waals surface area contributed by atoms with Gasteiger partial charge in [-0.05, 0) is 36.4 Å². The molecule has 0 saturated heterocycles. The normalized spacial score (nSPS) is 10.3. The van der Waals surface area contributed by atoms with Crippen molar-refractivity contribution in [3.05, 3.63) is 62.6 Å². The van der Waals surface area contributed by atoms with Crippen molar-refractivity contribution in [3.63, 3.8) is 0 Å². The van der Waals surface area contributed by atoms with Crippen LogP contribution in [0.2, 0.25) is 15.1 Å². The van der Waals surface area contributed by atoms with Gasteiger partial charge in [0.05, 0.1) is 0 Å². The van der Waals surface area contributed by atoms with Gasteiger partial charge in [-0.3, -0.25) is 0 Å². The molecular weight excluding hydrogens is 323 g/mol. The summed E-state index contributed by atoms with van der Waals surface area (Å²) in [5.41, 5.74) is 0.697. The Kier molecular flexibility index (Phi) is 4.76. The van der Waals surface area contributed by atoms with Crippen LogP contribution in [0.15, 0.2) is 36.4 Å². The molecule has 0 unspecified atom stereocenters. The molecule has 0 aliphatic heterocycles. The van der Waals surface area contributed by atoms with Crippen molar-refractivity contribution in [2.45, 2.75) is 6.61 Å². The zero-order chi connectivity index (χ0) is 14.7. The summed E-state index contributed by atoms with van der Waals surface area (Å²) in [6.45, 7) is 0.0972. The molecule has 20 heavy (non-hydrogen) atoms. The third-order valence-electron chi connectivity index (χ3n) is 2.57. The Balaban J connectivity index is 2.24. The van der Waals surface area contributed by atoms with Crippen LogP contribution in [0.25, 0.3) is 0 Å². The first-order valence-corrected chi connectivity index (χ1v) is 6.70. The van der Waals surface area contributed by atoms with Crippen LogP contribution in [0.4, 0.5) is 0 Å². The molecule has 0 atom stereocenters. The van der Waals surface area contributed by atoms with Crippen LogP contribution in [-0.2, 0) is 6.61 Å². The van der Waals surface area contributed by atoms with E-state index in [1.165, 1.54) is 18.2 Å². The number of carboxylic acid groups (broad SMARTS) is 1. The molecule has 2 rings (SSSR count). The van der Waals surface area contributed by atoms with E-state index in [1.807, 2.05) is 0 Å². The van der Waals surface area contributed by atoms with Gasteiger partial charge in [0.2, 0.25) is 0 Å². The quantitative estimate of drug-likeness (QED) is 0.864. The van der Waals surface area contributed by atoms with Gasteiger partial charge < -0.3 is 9.84 Å². The lowest BCUT2D eigenvalue weighted by Crippen LogP contribution is -2.03. The third-order valence-corrected chi connectivity index (χ3v) is 3.40. The van der Waals surface area contributed by atoms with Gasteiger partial charge in [0.15, 0.2) is 0 Å². The summed E-state index contributed by atoms with van der Waals surface area (Å²) in [5, 5.41) is 10.5. The molecule has 0 heterocycles. The summed E-state index contributed by atoms with van der Waals surface area (Å²) in [6.07, 6.45) is 0. The molecule has 3 nitrogen and oxygen atoms in total. The van der Waals surface area contributed by atoms with E-state index in [0.29, 0.717) is 20.6 Å². The highest BCUT2D eigenvalue weighted by Crippen LogP contribution is 2.26. The van der Waals surface area contributed by atoms with Gasteiger partial charge in [-0.1, -0.05) is 34.8 Å². The average Bonchev–Trinajstić information content (AvgIpc) is 2.39. The lowest BCUT2D eigenvalue weighted by atomic mass is 10.2. The minimum Gasteiger partial charge on any atom is -0.488 e. The van der Waals surface area contributed by atoms with Crippen LogP contribution in [0.3, 0.4) is 0 Å². The molecule has 0 aliphatic rings. The predicted octanol–water partition coefficient (Wildman–Crippen LogP) is 4.92. The number of hydrogen-bond donors (Lipinski definition) is 1. The van der Waals surface area contributed by atoms with Crippen molar-refractivity contribution in [3.8, 4) is 5.75 Å².